The van der Waals surface area contributed by atoms with Gasteiger partial charge in [0, 0.05) is 19.3 Å². The van der Waals surface area contributed by atoms with Gasteiger partial charge in [-0.25, -0.2) is 4.79 Å². The predicted molar refractivity (Wildman–Crippen MR) is 131 cm³/mol. The molecule has 7 heteroatoms. The zero-order valence-electron chi connectivity index (χ0n) is 20.4. The maximum Gasteiger partial charge on any atom is 0.347 e. The van der Waals surface area contributed by atoms with E-state index < -0.39 is 11.6 Å². The summed E-state index contributed by atoms with van der Waals surface area (Å²) in [5.74, 6) is 0.179. The normalized spacial score (nSPS) is 11.5. The summed E-state index contributed by atoms with van der Waals surface area (Å²) in [5, 5.41) is 9.26. The number of hydrogen-bond donors (Lipinski definition) is 1. The standard InChI is InChI=1S/C27H32N2O5/c1-19-8-13-24(20(2)15-19)28(5)25(30)18-29(17-23-7-6-14-33-23)16-21-9-11-22(12-10-21)34-27(3,4)26(31)32/h6-15H,16-18H2,1-5H3,(H,31,32). The van der Waals surface area contributed by atoms with Gasteiger partial charge in [0.05, 0.1) is 19.4 Å². The predicted octanol–water partition coefficient (Wildman–Crippen LogP) is 4.80. The van der Waals surface area contributed by atoms with Gasteiger partial charge in [0.1, 0.15) is 11.5 Å². The number of furan rings is 1. The van der Waals surface area contributed by atoms with Crippen molar-refractivity contribution < 1.29 is 23.8 Å². The van der Waals surface area contributed by atoms with Gasteiger partial charge in [-0.15, -0.1) is 0 Å². The lowest BCUT2D eigenvalue weighted by molar-refractivity contribution is -0.152. The minimum atomic E-state index is -1.32. The largest absolute Gasteiger partial charge is 0.478 e. The quantitative estimate of drug-likeness (QED) is 0.464. The molecule has 1 aromatic heterocycles. The Labute approximate surface area is 200 Å². The Balaban J connectivity index is 1.73. The fourth-order valence-electron chi connectivity index (χ4n) is 3.66. The molecule has 0 saturated heterocycles. The Morgan fingerprint density at radius 2 is 1.74 bits per heavy atom. The number of aryl methyl sites for hydroxylation is 2. The van der Waals surface area contributed by atoms with Gasteiger partial charge in [-0.05, 0) is 69.2 Å². The number of carboxylic acid groups (broad SMARTS) is 1. The van der Waals surface area contributed by atoms with Crippen LogP contribution in [-0.4, -0.2) is 41.1 Å². The number of hydrogen-bond acceptors (Lipinski definition) is 5. The number of benzene rings is 2. The number of anilines is 1. The van der Waals surface area contributed by atoms with Gasteiger partial charge in [-0.2, -0.15) is 0 Å². The topological polar surface area (TPSA) is 83.2 Å². The minimum absolute atomic E-state index is 0.0262. The average molecular weight is 465 g/mol. The molecule has 180 valence electrons. The number of rotatable bonds is 10. The first-order valence-corrected chi connectivity index (χ1v) is 11.1. The van der Waals surface area contributed by atoms with E-state index in [4.69, 9.17) is 9.15 Å². The molecule has 0 saturated carbocycles. The van der Waals surface area contributed by atoms with Gasteiger partial charge < -0.3 is 19.2 Å². The number of nitrogens with zero attached hydrogens (tertiary/aromatic N) is 2. The highest BCUT2D eigenvalue weighted by Gasteiger charge is 2.29. The number of carbonyl (C=O) groups excluding carboxylic acids is 1. The highest BCUT2D eigenvalue weighted by molar-refractivity contribution is 5.95. The van der Waals surface area contributed by atoms with Crippen LogP contribution >= 0.6 is 0 Å². The second-order valence-electron chi connectivity index (χ2n) is 9.03. The van der Waals surface area contributed by atoms with E-state index in [2.05, 4.69) is 6.07 Å². The molecule has 2 aromatic carbocycles. The van der Waals surface area contributed by atoms with Gasteiger partial charge in [-0.1, -0.05) is 29.8 Å². The summed E-state index contributed by atoms with van der Waals surface area (Å²) in [4.78, 5) is 28.2. The summed E-state index contributed by atoms with van der Waals surface area (Å²) in [6, 6.07) is 17.0. The Hall–Kier alpha value is -3.58. The summed E-state index contributed by atoms with van der Waals surface area (Å²) in [6.45, 7) is 8.23. The smallest absolute Gasteiger partial charge is 0.347 e. The first kappa shape index (κ1) is 25.1. The van der Waals surface area contributed by atoms with Gasteiger partial charge in [0.25, 0.3) is 0 Å². The van der Waals surface area contributed by atoms with Gasteiger partial charge in [0.2, 0.25) is 5.91 Å². The third kappa shape index (κ3) is 6.48. The molecule has 0 aliphatic rings. The number of carboxylic acids is 1. The van der Waals surface area contributed by atoms with Crippen LogP contribution in [0.25, 0.3) is 0 Å². The van der Waals surface area contributed by atoms with E-state index in [1.807, 2.05) is 55.1 Å². The van der Waals surface area contributed by atoms with Crippen molar-refractivity contribution >= 4 is 17.6 Å². The maximum absolute atomic E-state index is 13.2. The molecule has 0 spiro atoms. The van der Waals surface area contributed by atoms with Crippen molar-refractivity contribution in [3.63, 3.8) is 0 Å². The zero-order valence-corrected chi connectivity index (χ0v) is 20.4. The molecular weight excluding hydrogens is 432 g/mol. The van der Waals surface area contributed by atoms with Crippen LogP contribution in [-0.2, 0) is 22.7 Å². The van der Waals surface area contributed by atoms with Crippen molar-refractivity contribution in [2.24, 2.45) is 0 Å². The average Bonchev–Trinajstić information content (AvgIpc) is 3.27. The highest BCUT2D eigenvalue weighted by atomic mass is 16.5. The van der Waals surface area contributed by atoms with Gasteiger partial charge in [-0.3, -0.25) is 9.69 Å². The molecule has 0 aliphatic heterocycles. The molecule has 0 unspecified atom stereocenters. The van der Waals surface area contributed by atoms with Crippen LogP contribution in [0.2, 0.25) is 0 Å². The molecule has 3 aromatic rings. The lowest BCUT2D eigenvalue weighted by Gasteiger charge is -2.26. The van der Waals surface area contributed by atoms with E-state index in [1.54, 1.807) is 30.3 Å². The second-order valence-corrected chi connectivity index (χ2v) is 9.03. The van der Waals surface area contributed by atoms with Crippen molar-refractivity contribution in [1.82, 2.24) is 4.90 Å². The summed E-state index contributed by atoms with van der Waals surface area (Å²) < 4.78 is 11.1. The molecule has 0 atom stereocenters. The molecule has 3 rings (SSSR count). The summed E-state index contributed by atoms with van der Waals surface area (Å²) in [6.07, 6.45) is 1.62. The summed E-state index contributed by atoms with van der Waals surface area (Å²) in [5.41, 5.74) is 2.73. The lowest BCUT2D eigenvalue weighted by atomic mass is 10.1. The van der Waals surface area contributed by atoms with Crippen molar-refractivity contribution in [2.45, 2.75) is 46.4 Å². The monoisotopic (exact) mass is 464 g/mol. The number of amides is 1. The molecule has 0 fully saturated rings. The van der Waals surface area contributed by atoms with Crippen molar-refractivity contribution in [1.29, 1.82) is 0 Å². The van der Waals surface area contributed by atoms with Crippen LogP contribution in [0.5, 0.6) is 5.75 Å². The van der Waals surface area contributed by atoms with E-state index in [0.717, 1.165) is 28.1 Å². The number of likely N-dealkylation sites (N-methyl/N-ethyl adjacent to an activating group) is 1. The van der Waals surface area contributed by atoms with E-state index >= 15 is 0 Å². The fourth-order valence-corrected chi connectivity index (χ4v) is 3.66. The Bertz CT molecular complexity index is 1120. The molecule has 0 aliphatic carbocycles. The Morgan fingerprint density at radius 1 is 1.03 bits per heavy atom. The minimum Gasteiger partial charge on any atom is -0.478 e. The van der Waals surface area contributed by atoms with Crippen molar-refractivity contribution in [2.75, 3.05) is 18.5 Å². The van der Waals surface area contributed by atoms with Crippen LogP contribution in [0.3, 0.4) is 0 Å². The number of carbonyl (C=O) groups is 2. The second kappa shape index (κ2) is 10.6. The highest BCUT2D eigenvalue weighted by Crippen LogP contribution is 2.22. The van der Waals surface area contributed by atoms with Crippen LogP contribution in [0.15, 0.2) is 65.3 Å². The molecule has 7 nitrogen and oxygen atoms in total. The summed E-state index contributed by atoms with van der Waals surface area (Å²) >= 11 is 0. The third-order valence-electron chi connectivity index (χ3n) is 5.62. The van der Waals surface area contributed by atoms with E-state index in [0.29, 0.717) is 18.8 Å². The molecule has 1 N–H and O–H groups in total. The van der Waals surface area contributed by atoms with E-state index in [9.17, 15) is 14.7 Å². The molecule has 1 heterocycles. The van der Waals surface area contributed by atoms with Crippen LogP contribution in [0.4, 0.5) is 5.69 Å². The summed E-state index contributed by atoms with van der Waals surface area (Å²) in [7, 11) is 1.79. The van der Waals surface area contributed by atoms with Gasteiger partial charge >= 0.3 is 5.97 Å². The Morgan fingerprint density at radius 3 is 2.32 bits per heavy atom. The first-order chi connectivity index (χ1) is 16.0. The first-order valence-electron chi connectivity index (χ1n) is 11.1. The third-order valence-corrected chi connectivity index (χ3v) is 5.62. The SMILES string of the molecule is Cc1ccc(N(C)C(=O)CN(Cc2ccc(OC(C)(C)C(=O)O)cc2)Cc2ccco2)c(C)c1. The number of ether oxygens (including phenoxy) is 1. The van der Waals surface area contributed by atoms with Gasteiger partial charge in [0.15, 0.2) is 5.60 Å². The van der Waals surface area contributed by atoms with E-state index in [-0.39, 0.29) is 12.5 Å². The number of aliphatic carboxylic acids is 1. The van der Waals surface area contributed by atoms with Crippen LogP contribution in [0.1, 0.15) is 36.3 Å². The molecule has 0 bridgehead atoms. The molecule has 0 radical (unpaired) electrons. The Kier molecular flexibility index (Phi) is 7.79. The van der Waals surface area contributed by atoms with E-state index in [1.165, 1.54) is 13.8 Å². The molecule has 34 heavy (non-hydrogen) atoms. The molecule has 1 amide bonds. The van der Waals surface area contributed by atoms with Crippen LogP contribution in [0, 0.1) is 13.8 Å². The van der Waals surface area contributed by atoms with Crippen LogP contribution < -0.4 is 9.64 Å². The fraction of sp³-hybridized carbons (Fsp3) is 0.333. The maximum atomic E-state index is 13.2. The molecular formula is C27H32N2O5. The van der Waals surface area contributed by atoms with Crippen molar-refractivity contribution in [3.05, 3.63) is 83.3 Å². The zero-order chi connectivity index (χ0) is 24.9. The lowest BCUT2D eigenvalue weighted by Crippen LogP contribution is -2.38. The van der Waals surface area contributed by atoms with Crippen molar-refractivity contribution in [3.8, 4) is 5.75 Å².